The molecular formula is C6H11O2. The molecule has 2 heteroatoms. The number of ether oxygens (including phenoxy) is 1. The van der Waals surface area contributed by atoms with Crippen LogP contribution >= 0.6 is 0 Å². The Morgan fingerprint density at radius 3 is 2.75 bits per heavy atom. The average molecular weight is 115 g/mol. The Hall–Kier alpha value is -0.370. The number of carbonyl (C=O) groups excluding carboxylic acids is 1. The standard InChI is InChI=1S/C6H11O2/c1-3-6(7)4-5-8-2/h1,3-5H2,2H3. The molecule has 0 aromatic carbocycles. The number of Topliss-reactive ketones (excluding diaryl/α,β-unsaturated/α-hetero) is 1. The first-order chi connectivity index (χ1) is 3.81. The van der Waals surface area contributed by atoms with Gasteiger partial charge >= 0.3 is 0 Å². The third-order valence-corrected chi connectivity index (χ3v) is 0.864. The van der Waals surface area contributed by atoms with Crippen LogP contribution in [0.15, 0.2) is 0 Å². The summed E-state index contributed by atoms with van der Waals surface area (Å²) >= 11 is 0. The van der Waals surface area contributed by atoms with Crippen LogP contribution in [-0.4, -0.2) is 19.5 Å². The predicted octanol–water partition coefficient (Wildman–Crippen LogP) is 0.816. The van der Waals surface area contributed by atoms with Gasteiger partial charge in [-0.2, -0.15) is 0 Å². The number of hydrogen-bond donors (Lipinski definition) is 0. The van der Waals surface area contributed by atoms with Crippen LogP contribution in [0, 0.1) is 6.92 Å². The first-order valence-corrected chi connectivity index (χ1v) is 2.61. The Morgan fingerprint density at radius 2 is 2.38 bits per heavy atom. The minimum atomic E-state index is 0.159. The highest BCUT2D eigenvalue weighted by atomic mass is 16.5. The molecule has 0 unspecified atom stereocenters. The number of hydrogen-bond acceptors (Lipinski definition) is 2. The fourth-order valence-electron chi connectivity index (χ4n) is 0.341. The minimum absolute atomic E-state index is 0.159. The molecule has 0 bridgehead atoms. The molecular weight excluding hydrogens is 104 g/mol. The highest BCUT2D eigenvalue weighted by Crippen LogP contribution is 1.86. The lowest BCUT2D eigenvalue weighted by Gasteiger charge is -1.92. The van der Waals surface area contributed by atoms with Crippen LogP contribution in [0.1, 0.15) is 12.8 Å². The Balaban J connectivity index is 2.99. The summed E-state index contributed by atoms with van der Waals surface area (Å²) in [7, 11) is 1.58. The van der Waals surface area contributed by atoms with Gasteiger partial charge in [-0.1, -0.05) is 0 Å². The van der Waals surface area contributed by atoms with Crippen LogP contribution in [0.5, 0.6) is 0 Å². The van der Waals surface area contributed by atoms with E-state index in [1.807, 2.05) is 0 Å². The molecule has 0 aliphatic rings. The van der Waals surface area contributed by atoms with E-state index in [0.29, 0.717) is 19.4 Å². The number of methoxy groups -OCH3 is 1. The molecule has 0 fully saturated rings. The van der Waals surface area contributed by atoms with Gasteiger partial charge in [-0.25, -0.2) is 0 Å². The SMILES string of the molecule is [CH2]CC(=O)CCOC. The molecule has 2 nitrogen and oxygen atoms in total. The molecule has 0 aliphatic carbocycles. The number of ketones is 1. The van der Waals surface area contributed by atoms with Crippen molar-refractivity contribution in [2.45, 2.75) is 12.8 Å². The van der Waals surface area contributed by atoms with E-state index in [4.69, 9.17) is 0 Å². The summed E-state index contributed by atoms with van der Waals surface area (Å²) in [5.41, 5.74) is 0. The lowest BCUT2D eigenvalue weighted by molar-refractivity contribution is -0.119. The van der Waals surface area contributed by atoms with Gasteiger partial charge in [-0.3, -0.25) is 4.79 Å². The number of rotatable bonds is 4. The molecule has 0 amide bonds. The van der Waals surface area contributed by atoms with Crippen LogP contribution in [0.4, 0.5) is 0 Å². The smallest absolute Gasteiger partial charge is 0.135 e. The zero-order valence-corrected chi connectivity index (χ0v) is 5.14. The van der Waals surface area contributed by atoms with E-state index in [0.717, 1.165) is 0 Å². The zero-order chi connectivity index (χ0) is 6.41. The van der Waals surface area contributed by atoms with Gasteiger partial charge in [0.1, 0.15) is 5.78 Å². The van der Waals surface area contributed by atoms with E-state index in [1.165, 1.54) is 0 Å². The fraction of sp³-hybridized carbons (Fsp3) is 0.667. The van der Waals surface area contributed by atoms with Gasteiger partial charge in [0.25, 0.3) is 0 Å². The Morgan fingerprint density at radius 1 is 1.75 bits per heavy atom. The fourth-order valence-corrected chi connectivity index (χ4v) is 0.341. The van der Waals surface area contributed by atoms with Crippen LogP contribution < -0.4 is 0 Å². The lowest BCUT2D eigenvalue weighted by atomic mass is 10.2. The van der Waals surface area contributed by atoms with Gasteiger partial charge in [0.2, 0.25) is 0 Å². The van der Waals surface area contributed by atoms with Crippen molar-refractivity contribution in [2.24, 2.45) is 0 Å². The molecule has 0 aliphatic heterocycles. The van der Waals surface area contributed by atoms with Crippen LogP contribution in [0.3, 0.4) is 0 Å². The molecule has 0 N–H and O–H groups in total. The quantitative estimate of drug-likeness (QED) is 0.542. The summed E-state index contributed by atoms with van der Waals surface area (Å²) in [6.07, 6.45) is 0.878. The summed E-state index contributed by atoms with van der Waals surface area (Å²) in [4.78, 5) is 10.4. The largest absolute Gasteiger partial charge is 0.384 e. The topological polar surface area (TPSA) is 26.3 Å². The van der Waals surface area contributed by atoms with Crippen molar-refractivity contribution in [3.05, 3.63) is 6.92 Å². The molecule has 0 atom stereocenters. The molecule has 0 saturated heterocycles. The third-order valence-electron chi connectivity index (χ3n) is 0.864. The van der Waals surface area contributed by atoms with Gasteiger partial charge in [-0.05, 0) is 6.92 Å². The van der Waals surface area contributed by atoms with E-state index >= 15 is 0 Å². The molecule has 0 rings (SSSR count). The highest BCUT2D eigenvalue weighted by molar-refractivity contribution is 5.78. The summed E-state index contributed by atoms with van der Waals surface area (Å²) < 4.78 is 4.67. The molecule has 8 heavy (non-hydrogen) atoms. The van der Waals surface area contributed by atoms with E-state index in [2.05, 4.69) is 11.7 Å². The monoisotopic (exact) mass is 115 g/mol. The lowest BCUT2D eigenvalue weighted by Crippen LogP contribution is -1.99. The van der Waals surface area contributed by atoms with Crippen molar-refractivity contribution < 1.29 is 9.53 Å². The van der Waals surface area contributed by atoms with Crippen molar-refractivity contribution >= 4 is 5.78 Å². The Kier molecular flexibility index (Phi) is 4.56. The molecule has 0 aromatic rings. The summed E-state index contributed by atoms with van der Waals surface area (Å²) in [5.74, 6) is 0.159. The zero-order valence-electron chi connectivity index (χ0n) is 5.14. The van der Waals surface area contributed by atoms with Gasteiger partial charge in [0.15, 0.2) is 0 Å². The third kappa shape index (κ3) is 3.81. The van der Waals surface area contributed by atoms with E-state index in [1.54, 1.807) is 7.11 Å². The van der Waals surface area contributed by atoms with Crippen LogP contribution in [-0.2, 0) is 9.53 Å². The van der Waals surface area contributed by atoms with Crippen molar-refractivity contribution in [2.75, 3.05) is 13.7 Å². The minimum Gasteiger partial charge on any atom is -0.384 e. The summed E-state index contributed by atoms with van der Waals surface area (Å²) in [5, 5.41) is 0. The first-order valence-electron chi connectivity index (χ1n) is 2.61. The molecule has 0 saturated carbocycles. The van der Waals surface area contributed by atoms with Crippen molar-refractivity contribution in [1.29, 1.82) is 0 Å². The second-order valence-electron chi connectivity index (χ2n) is 1.53. The highest BCUT2D eigenvalue weighted by Gasteiger charge is 1.94. The molecule has 1 radical (unpaired) electrons. The van der Waals surface area contributed by atoms with Crippen molar-refractivity contribution in [1.82, 2.24) is 0 Å². The van der Waals surface area contributed by atoms with Gasteiger partial charge < -0.3 is 4.74 Å². The maximum absolute atomic E-state index is 10.4. The van der Waals surface area contributed by atoms with Crippen LogP contribution in [0.2, 0.25) is 0 Å². The first kappa shape index (κ1) is 7.63. The molecule has 0 spiro atoms. The van der Waals surface area contributed by atoms with Gasteiger partial charge in [-0.15, -0.1) is 0 Å². The maximum Gasteiger partial charge on any atom is 0.135 e. The maximum atomic E-state index is 10.4. The van der Waals surface area contributed by atoms with Gasteiger partial charge in [0.05, 0.1) is 6.61 Å². The van der Waals surface area contributed by atoms with Gasteiger partial charge in [0, 0.05) is 20.0 Å². The van der Waals surface area contributed by atoms with Crippen molar-refractivity contribution in [3.63, 3.8) is 0 Å². The van der Waals surface area contributed by atoms with E-state index in [9.17, 15) is 4.79 Å². The van der Waals surface area contributed by atoms with Crippen LogP contribution in [0.25, 0.3) is 0 Å². The second kappa shape index (κ2) is 4.78. The predicted molar refractivity (Wildman–Crippen MR) is 31.5 cm³/mol. The Bertz CT molecular complexity index is 68.9. The average Bonchev–Trinajstić information content (AvgIpc) is 1.83. The van der Waals surface area contributed by atoms with E-state index in [-0.39, 0.29) is 5.78 Å². The molecule has 0 aromatic heterocycles. The molecule has 47 valence electrons. The number of carbonyl (C=O) groups is 1. The van der Waals surface area contributed by atoms with Crippen molar-refractivity contribution in [3.8, 4) is 0 Å². The Labute approximate surface area is 49.8 Å². The summed E-state index contributed by atoms with van der Waals surface area (Å²) in [6.45, 7) is 3.96. The summed E-state index contributed by atoms with van der Waals surface area (Å²) in [6, 6.07) is 0. The second-order valence-corrected chi connectivity index (χ2v) is 1.53. The normalized spacial score (nSPS) is 9.25. The van der Waals surface area contributed by atoms with E-state index < -0.39 is 0 Å². The molecule has 0 heterocycles.